The Balaban J connectivity index is 2.08. The van der Waals surface area contributed by atoms with Crippen LogP contribution in [-0.4, -0.2) is 36.2 Å². The number of amides is 1. The number of hydrogen-bond donors (Lipinski definition) is 2. The number of nitrogens with one attached hydrogen (secondary N) is 1. The Bertz CT molecular complexity index is 907. The summed E-state index contributed by atoms with van der Waals surface area (Å²) in [5, 5.41) is 2.58. The van der Waals surface area contributed by atoms with Gasteiger partial charge in [-0.3, -0.25) is 9.59 Å². The summed E-state index contributed by atoms with van der Waals surface area (Å²) in [5.74, 6) is -2.42. The van der Waals surface area contributed by atoms with Crippen molar-refractivity contribution in [3.8, 4) is 0 Å². The molecule has 0 aliphatic rings. The highest BCUT2D eigenvalue weighted by Crippen LogP contribution is 2.12. The Labute approximate surface area is 174 Å². The van der Waals surface area contributed by atoms with Crippen LogP contribution in [0.2, 0.25) is 0 Å². The number of ketones is 1. The molecule has 0 aliphatic heterocycles. The van der Waals surface area contributed by atoms with Gasteiger partial charge in [0.15, 0.2) is 5.78 Å². The number of benzene rings is 2. The van der Waals surface area contributed by atoms with Crippen molar-refractivity contribution in [1.82, 2.24) is 5.32 Å². The zero-order chi connectivity index (χ0) is 21.9. The lowest BCUT2D eigenvalue weighted by Crippen LogP contribution is -2.42. The van der Waals surface area contributed by atoms with Gasteiger partial charge >= 0.3 is 11.9 Å². The first kappa shape index (κ1) is 22.7. The Morgan fingerprint density at radius 2 is 1.53 bits per heavy atom. The SMILES string of the molecule is C=CC(=O)OC(=O)[C@H](CCCCN)NC(=O)c1ccc(C(=O)c2ccccc2)cc1. The van der Waals surface area contributed by atoms with Crippen molar-refractivity contribution in [2.24, 2.45) is 5.73 Å². The van der Waals surface area contributed by atoms with E-state index >= 15 is 0 Å². The van der Waals surface area contributed by atoms with Crippen LogP contribution in [0.4, 0.5) is 0 Å². The number of nitrogens with two attached hydrogens (primary N) is 1. The van der Waals surface area contributed by atoms with E-state index in [0.717, 1.165) is 6.08 Å². The van der Waals surface area contributed by atoms with Crippen LogP contribution in [0.25, 0.3) is 0 Å². The maximum Gasteiger partial charge on any atom is 0.337 e. The Kier molecular flexibility index (Phi) is 8.65. The van der Waals surface area contributed by atoms with Crippen LogP contribution in [0, 0.1) is 0 Å². The van der Waals surface area contributed by atoms with Gasteiger partial charge in [0.1, 0.15) is 6.04 Å². The summed E-state index contributed by atoms with van der Waals surface area (Å²) in [6.45, 7) is 3.69. The Hall–Kier alpha value is -3.58. The third-order valence-corrected chi connectivity index (χ3v) is 4.35. The minimum Gasteiger partial charge on any atom is -0.388 e. The highest BCUT2D eigenvalue weighted by atomic mass is 16.6. The molecule has 1 atom stereocenters. The summed E-state index contributed by atoms with van der Waals surface area (Å²) in [4.78, 5) is 48.5. The van der Waals surface area contributed by atoms with Crippen LogP contribution < -0.4 is 11.1 Å². The largest absolute Gasteiger partial charge is 0.388 e. The molecule has 0 bridgehead atoms. The van der Waals surface area contributed by atoms with Gasteiger partial charge < -0.3 is 15.8 Å². The zero-order valence-electron chi connectivity index (χ0n) is 16.5. The summed E-state index contributed by atoms with van der Waals surface area (Å²) in [6.07, 6.45) is 2.38. The van der Waals surface area contributed by atoms with Gasteiger partial charge in [-0.25, -0.2) is 9.59 Å². The molecule has 7 heteroatoms. The molecule has 30 heavy (non-hydrogen) atoms. The molecule has 2 aromatic carbocycles. The van der Waals surface area contributed by atoms with E-state index in [1.54, 1.807) is 36.4 Å². The van der Waals surface area contributed by atoms with Gasteiger partial charge in [0.2, 0.25) is 0 Å². The van der Waals surface area contributed by atoms with Crippen molar-refractivity contribution in [3.05, 3.63) is 83.9 Å². The fourth-order valence-electron chi connectivity index (χ4n) is 2.72. The number of carbonyl (C=O) groups is 4. The van der Waals surface area contributed by atoms with Crippen molar-refractivity contribution in [3.63, 3.8) is 0 Å². The molecule has 7 nitrogen and oxygen atoms in total. The summed E-state index contributed by atoms with van der Waals surface area (Å²) in [6, 6.07) is 13.9. The molecule has 3 N–H and O–H groups in total. The molecule has 1 amide bonds. The van der Waals surface area contributed by atoms with Crippen molar-refractivity contribution in [2.75, 3.05) is 6.54 Å². The number of unbranched alkanes of at least 4 members (excludes halogenated alkanes) is 1. The molecule has 0 saturated heterocycles. The molecule has 0 spiro atoms. The van der Waals surface area contributed by atoms with E-state index in [9.17, 15) is 19.2 Å². The first-order valence-electron chi connectivity index (χ1n) is 9.55. The molecule has 2 rings (SSSR count). The van der Waals surface area contributed by atoms with Crippen LogP contribution in [0.15, 0.2) is 67.3 Å². The average Bonchev–Trinajstić information content (AvgIpc) is 2.78. The standard InChI is InChI=1S/C23H24N2O5/c1-2-20(26)30-23(29)19(10-6-7-15-24)25-22(28)18-13-11-17(12-14-18)21(27)16-8-4-3-5-9-16/h2-5,8-9,11-14,19H,1,6-7,10,15,24H2,(H,25,28)/t19-/m0/s1. The smallest absolute Gasteiger partial charge is 0.337 e. The quantitative estimate of drug-likeness (QED) is 0.205. The third-order valence-electron chi connectivity index (χ3n) is 4.35. The normalized spacial score (nSPS) is 11.2. The van der Waals surface area contributed by atoms with Gasteiger partial charge in [-0.15, -0.1) is 0 Å². The monoisotopic (exact) mass is 408 g/mol. The van der Waals surface area contributed by atoms with E-state index < -0.39 is 23.9 Å². The van der Waals surface area contributed by atoms with Gasteiger partial charge in [0.05, 0.1) is 0 Å². The summed E-state index contributed by atoms with van der Waals surface area (Å²) >= 11 is 0. The molecule has 0 radical (unpaired) electrons. The molecule has 0 heterocycles. The average molecular weight is 408 g/mol. The molecule has 0 aromatic heterocycles. The minimum atomic E-state index is -1.00. The second-order valence-corrected chi connectivity index (χ2v) is 6.53. The molecule has 0 unspecified atom stereocenters. The van der Waals surface area contributed by atoms with Crippen LogP contribution in [-0.2, 0) is 14.3 Å². The van der Waals surface area contributed by atoms with Gasteiger partial charge in [-0.05, 0) is 37.9 Å². The Morgan fingerprint density at radius 3 is 2.13 bits per heavy atom. The molecule has 156 valence electrons. The molecule has 0 saturated carbocycles. The van der Waals surface area contributed by atoms with E-state index in [1.807, 2.05) is 6.07 Å². The highest BCUT2D eigenvalue weighted by molar-refractivity contribution is 6.09. The maximum atomic E-state index is 12.6. The fourth-order valence-corrected chi connectivity index (χ4v) is 2.72. The summed E-state index contributed by atoms with van der Waals surface area (Å²) < 4.78 is 4.64. The lowest BCUT2D eigenvalue weighted by Gasteiger charge is -2.16. The van der Waals surface area contributed by atoms with Crippen molar-refractivity contribution in [1.29, 1.82) is 0 Å². The number of hydrogen-bond acceptors (Lipinski definition) is 6. The Morgan fingerprint density at radius 1 is 0.933 bits per heavy atom. The van der Waals surface area contributed by atoms with Crippen molar-refractivity contribution < 1.29 is 23.9 Å². The van der Waals surface area contributed by atoms with Crippen LogP contribution in [0.3, 0.4) is 0 Å². The van der Waals surface area contributed by atoms with E-state index in [0.29, 0.717) is 30.5 Å². The van der Waals surface area contributed by atoms with Gasteiger partial charge in [-0.1, -0.05) is 49.0 Å². The van der Waals surface area contributed by atoms with E-state index in [4.69, 9.17) is 5.73 Å². The predicted octanol–water partition coefficient (Wildman–Crippen LogP) is 2.40. The lowest BCUT2D eigenvalue weighted by molar-refractivity contribution is -0.157. The first-order chi connectivity index (χ1) is 14.5. The summed E-state index contributed by atoms with van der Waals surface area (Å²) in [7, 11) is 0. The van der Waals surface area contributed by atoms with Crippen LogP contribution >= 0.6 is 0 Å². The third kappa shape index (κ3) is 6.49. The fraction of sp³-hybridized carbons (Fsp3) is 0.217. The van der Waals surface area contributed by atoms with E-state index in [-0.39, 0.29) is 17.8 Å². The molecular weight excluding hydrogens is 384 g/mol. The highest BCUT2D eigenvalue weighted by Gasteiger charge is 2.24. The number of esters is 2. The second kappa shape index (κ2) is 11.4. The van der Waals surface area contributed by atoms with Gasteiger partial charge in [0.25, 0.3) is 5.91 Å². The van der Waals surface area contributed by atoms with Crippen LogP contribution in [0.5, 0.6) is 0 Å². The summed E-state index contributed by atoms with van der Waals surface area (Å²) in [5.41, 5.74) is 6.72. The van der Waals surface area contributed by atoms with E-state index in [1.165, 1.54) is 12.1 Å². The maximum absolute atomic E-state index is 12.6. The molecule has 0 aliphatic carbocycles. The number of carbonyl (C=O) groups excluding carboxylic acids is 4. The zero-order valence-corrected chi connectivity index (χ0v) is 16.5. The minimum absolute atomic E-state index is 0.159. The van der Waals surface area contributed by atoms with E-state index in [2.05, 4.69) is 16.6 Å². The second-order valence-electron chi connectivity index (χ2n) is 6.53. The molecule has 0 fully saturated rings. The van der Waals surface area contributed by atoms with Crippen LogP contribution in [0.1, 0.15) is 45.5 Å². The number of ether oxygens (including phenoxy) is 1. The van der Waals surface area contributed by atoms with Gasteiger partial charge in [-0.2, -0.15) is 0 Å². The molecular formula is C23H24N2O5. The topological polar surface area (TPSA) is 116 Å². The van der Waals surface area contributed by atoms with Crippen molar-refractivity contribution in [2.45, 2.75) is 25.3 Å². The number of rotatable bonds is 10. The first-order valence-corrected chi connectivity index (χ1v) is 9.55. The molecule has 2 aromatic rings. The van der Waals surface area contributed by atoms with Crippen molar-refractivity contribution >= 4 is 23.6 Å². The van der Waals surface area contributed by atoms with Gasteiger partial charge in [0, 0.05) is 22.8 Å². The predicted molar refractivity (Wildman–Crippen MR) is 112 cm³/mol. The lowest BCUT2D eigenvalue weighted by atomic mass is 10.0.